The average Bonchev–Trinajstić information content (AvgIpc) is 3.34. The van der Waals surface area contributed by atoms with E-state index in [0.717, 1.165) is 24.3 Å². The van der Waals surface area contributed by atoms with Crippen molar-refractivity contribution in [3.63, 3.8) is 0 Å². The van der Waals surface area contributed by atoms with Gasteiger partial charge >= 0.3 is 12.4 Å². The van der Waals surface area contributed by atoms with Gasteiger partial charge in [-0.25, -0.2) is 15.0 Å². The third-order valence-electron chi connectivity index (χ3n) is 6.34. The van der Waals surface area contributed by atoms with E-state index in [-0.39, 0.29) is 30.5 Å². The van der Waals surface area contributed by atoms with Crippen molar-refractivity contribution in [3.8, 4) is 11.4 Å². The van der Waals surface area contributed by atoms with Crippen LogP contribution < -0.4 is 5.32 Å². The van der Waals surface area contributed by atoms with Gasteiger partial charge in [-0.15, -0.1) is 0 Å². The molecular formula is C29H21F6N5O. The Kier molecular flexibility index (Phi) is 7.24. The second-order valence-corrected chi connectivity index (χ2v) is 9.32. The molecule has 0 bridgehead atoms. The summed E-state index contributed by atoms with van der Waals surface area (Å²) in [5.41, 5.74) is 0.974. The molecule has 0 saturated heterocycles. The second-order valence-electron chi connectivity index (χ2n) is 9.32. The summed E-state index contributed by atoms with van der Waals surface area (Å²) < 4.78 is 80.2. The van der Waals surface area contributed by atoms with Gasteiger partial charge < -0.3 is 9.88 Å². The number of nitrogens with one attached hydrogen (secondary N) is 1. The summed E-state index contributed by atoms with van der Waals surface area (Å²) in [6.45, 7) is 1.56. The monoisotopic (exact) mass is 569 g/mol. The zero-order valence-electron chi connectivity index (χ0n) is 21.4. The fourth-order valence-corrected chi connectivity index (χ4v) is 4.23. The SMILES string of the molecule is CC(=O)c1cccc(-c2nc(NCc3cccc(C(F)(F)F)c3)c3ncn(Cc4ccc(C(F)(F)F)cc4)c3n2)c1. The van der Waals surface area contributed by atoms with Gasteiger partial charge in [-0.1, -0.05) is 42.5 Å². The largest absolute Gasteiger partial charge is 0.416 e. The number of hydrogen-bond acceptors (Lipinski definition) is 5. The molecule has 0 unspecified atom stereocenters. The van der Waals surface area contributed by atoms with Crippen molar-refractivity contribution in [1.82, 2.24) is 19.5 Å². The number of carbonyl (C=O) groups excluding carboxylic acids is 1. The van der Waals surface area contributed by atoms with Gasteiger partial charge in [0.05, 0.1) is 24.0 Å². The van der Waals surface area contributed by atoms with Crippen LogP contribution in [0.25, 0.3) is 22.6 Å². The Morgan fingerprint density at radius 2 is 1.54 bits per heavy atom. The van der Waals surface area contributed by atoms with Crippen LogP contribution in [-0.4, -0.2) is 25.3 Å². The van der Waals surface area contributed by atoms with E-state index >= 15 is 0 Å². The number of fused-ring (bicyclic) bond motifs is 1. The van der Waals surface area contributed by atoms with Gasteiger partial charge in [0.2, 0.25) is 0 Å². The molecule has 41 heavy (non-hydrogen) atoms. The smallest absolute Gasteiger partial charge is 0.364 e. The van der Waals surface area contributed by atoms with Crippen molar-refractivity contribution >= 4 is 22.8 Å². The predicted octanol–water partition coefficient (Wildman–Crippen LogP) is 7.39. The number of halogens is 6. The highest BCUT2D eigenvalue weighted by molar-refractivity contribution is 5.95. The van der Waals surface area contributed by atoms with Crippen LogP contribution in [0.15, 0.2) is 79.1 Å². The minimum atomic E-state index is -4.50. The number of ketones is 1. The summed E-state index contributed by atoms with van der Waals surface area (Å²) in [7, 11) is 0. The van der Waals surface area contributed by atoms with E-state index in [4.69, 9.17) is 0 Å². The molecule has 6 nitrogen and oxygen atoms in total. The minimum Gasteiger partial charge on any atom is -0.364 e. The molecule has 2 heterocycles. The van der Waals surface area contributed by atoms with Crippen molar-refractivity contribution in [2.75, 3.05) is 5.32 Å². The normalized spacial score (nSPS) is 12.1. The molecule has 0 saturated carbocycles. The van der Waals surface area contributed by atoms with E-state index in [0.29, 0.717) is 33.4 Å². The van der Waals surface area contributed by atoms with Gasteiger partial charge in [0.1, 0.15) is 5.52 Å². The molecule has 0 aliphatic rings. The molecule has 0 fully saturated rings. The third kappa shape index (κ3) is 6.21. The van der Waals surface area contributed by atoms with Crippen LogP contribution in [0.4, 0.5) is 32.2 Å². The molecule has 0 atom stereocenters. The van der Waals surface area contributed by atoms with Gasteiger partial charge in [-0.3, -0.25) is 4.79 Å². The van der Waals surface area contributed by atoms with E-state index in [9.17, 15) is 31.1 Å². The summed E-state index contributed by atoms with van der Waals surface area (Å²) in [4.78, 5) is 25.5. The first-order valence-electron chi connectivity index (χ1n) is 12.3. The summed E-state index contributed by atoms with van der Waals surface area (Å²) in [5.74, 6) is 0.297. The van der Waals surface area contributed by atoms with Crippen LogP contribution in [-0.2, 0) is 25.4 Å². The van der Waals surface area contributed by atoms with Gasteiger partial charge in [-0.2, -0.15) is 26.3 Å². The first kappa shape index (κ1) is 27.8. The molecule has 0 amide bonds. The molecule has 5 aromatic rings. The standard InChI is InChI=1S/C29H21F6N5O/c1-17(41)20-5-3-6-21(13-20)25-38-26(36-14-19-4-2-7-23(12-19)29(33,34)35)24-27(39-25)40(16-37-24)15-18-8-10-22(11-9-18)28(30,31)32/h2-13,16H,14-15H2,1H3,(H,36,38,39). The van der Waals surface area contributed by atoms with Crippen molar-refractivity contribution < 1.29 is 31.1 Å². The lowest BCUT2D eigenvalue weighted by Gasteiger charge is -2.12. The third-order valence-corrected chi connectivity index (χ3v) is 6.34. The Balaban J connectivity index is 1.54. The number of Topliss-reactive ketones (excluding diaryl/α,β-unsaturated/α-hetero) is 1. The highest BCUT2D eigenvalue weighted by Gasteiger charge is 2.31. The van der Waals surface area contributed by atoms with Crippen LogP contribution in [0.2, 0.25) is 0 Å². The number of hydrogen-bond donors (Lipinski definition) is 1. The van der Waals surface area contributed by atoms with Crippen LogP contribution in [0.1, 0.15) is 39.5 Å². The number of alkyl halides is 6. The van der Waals surface area contributed by atoms with Crippen LogP contribution in [0.5, 0.6) is 0 Å². The first-order chi connectivity index (χ1) is 19.4. The Morgan fingerprint density at radius 1 is 0.829 bits per heavy atom. The van der Waals surface area contributed by atoms with Crippen molar-refractivity contribution in [2.45, 2.75) is 32.4 Å². The number of anilines is 1. The van der Waals surface area contributed by atoms with Gasteiger partial charge in [0.15, 0.2) is 23.1 Å². The maximum Gasteiger partial charge on any atom is 0.416 e. The van der Waals surface area contributed by atoms with E-state index < -0.39 is 23.5 Å². The zero-order chi connectivity index (χ0) is 29.4. The topological polar surface area (TPSA) is 72.7 Å². The average molecular weight is 570 g/mol. The van der Waals surface area contributed by atoms with Gasteiger partial charge in [0, 0.05) is 17.7 Å². The summed E-state index contributed by atoms with van der Waals surface area (Å²) in [6, 6.07) is 16.2. The highest BCUT2D eigenvalue weighted by atomic mass is 19.4. The quantitative estimate of drug-likeness (QED) is 0.163. The van der Waals surface area contributed by atoms with E-state index in [1.165, 1.54) is 31.5 Å². The molecule has 5 rings (SSSR count). The Bertz CT molecular complexity index is 1730. The summed E-state index contributed by atoms with van der Waals surface area (Å²) >= 11 is 0. The summed E-state index contributed by atoms with van der Waals surface area (Å²) in [6.07, 6.45) is -7.50. The molecule has 0 aliphatic carbocycles. The zero-order valence-corrected chi connectivity index (χ0v) is 21.4. The van der Waals surface area contributed by atoms with E-state index in [2.05, 4.69) is 20.3 Å². The lowest BCUT2D eigenvalue weighted by molar-refractivity contribution is -0.138. The maximum atomic E-state index is 13.2. The molecule has 12 heteroatoms. The molecule has 210 valence electrons. The van der Waals surface area contributed by atoms with Crippen LogP contribution in [0, 0.1) is 0 Å². The number of aromatic nitrogens is 4. The van der Waals surface area contributed by atoms with Crippen LogP contribution in [0.3, 0.4) is 0 Å². The van der Waals surface area contributed by atoms with Gasteiger partial charge in [-0.05, 0) is 48.4 Å². The Morgan fingerprint density at radius 3 is 2.22 bits per heavy atom. The fourth-order valence-electron chi connectivity index (χ4n) is 4.23. The molecule has 0 spiro atoms. The molecular weight excluding hydrogens is 548 g/mol. The van der Waals surface area contributed by atoms with E-state index in [1.807, 2.05) is 0 Å². The number of carbonyl (C=O) groups is 1. The molecule has 0 radical (unpaired) electrons. The second kappa shape index (κ2) is 10.7. The first-order valence-corrected chi connectivity index (χ1v) is 12.3. The molecule has 3 aromatic carbocycles. The molecule has 2 aromatic heterocycles. The molecule has 1 N–H and O–H groups in total. The predicted molar refractivity (Wildman–Crippen MR) is 140 cm³/mol. The number of imidazole rings is 1. The molecule has 0 aliphatic heterocycles. The van der Waals surface area contributed by atoms with Crippen molar-refractivity contribution in [1.29, 1.82) is 0 Å². The highest BCUT2D eigenvalue weighted by Crippen LogP contribution is 2.31. The van der Waals surface area contributed by atoms with Crippen molar-refractivity contribution in [2.24, 2.45) is 0 Å². The lowest BCUT2D eigenvalue weighted by Crippen LogP contribution is -2.08. The maximum absolute atomic E-state index is 13.2. The Labute approximate surface area is 229 Å². The Hall–Kier alpha value is -4.74. The fraction of sp³-hybridized carbons (Fsp3) is 0.172. The summed E-state index contributed by atoms with van der Waals surface area (Å²) in [5, 5.41) is 3.05. The van der Waals surface area contributed by atoms with Crippen LogP contribution >= 0.6 is 0 Å². The number of benzene rings is 3. The number of nitrogens with zero attached hydrogens (tertiary/aromatic N) is 4. The minimum absolute atomic E-state index is 0.00523. The lowest BCUT2D eigenvalue weighted by atomic mass is 10.1. The number of rotatable bonds is 7. The van der Waals surface area contributed by atoms with E-state index in [1.54, 1.807) is 34.9 Å². The van der Waals surface area contributed by atoms with Crippen molar-refractivity contribution in [3.05, 3.63) is 107 Å². The van der Waals surface area contributed by atoms with Gasteiger partial charge in [0.25, 0.3) is 0 Å².